The third-order valence-electron chi connectivity index (χ3n) is 4.23. The second kappa shape index (κ2) is 6.55. The van der Waals surface area contributed by atoms with Crippen LogP contribution in [0.3, 0.4) is 0 Å². The van der Waals surface area contributed by atoms with Crippen LogP contribution >= 0.6 is 0 Å². The van der Waals surface area contributed by atoms with Crippen molar-refractivity contribution in [3.05, 3.63) is 23.6 Å². The van der Waals surface area contributed by atoms with Crippen molar-refractivity contribution >= 4 is 5.82 Å². The second-order valence-electron chi connectivity index (χ2n) is 6.79. The molecule has 0 aliphatic carbocycles. The highest BCUT2D eigenvalue weighted by Crippen LogP contribution is 2.28. The summed E-state index contributed by atoms with van der Waals surface area (Å²) in [6.45, 7) is 10.5. The molecule has 1 aromatic rings. The van der Waals surface area contributed by atoms with Crippen molar-refractivity contribution in [2.24, 2.45) is 11.8 Å². The lowest BCUT2D eigenvalue weighted by Crippen LogP contribution is -2.35. The SMILES string of the molecule is CC(C)CC1CCN(c2ncc(C(C)C)cc2F)CC1. The van der Waals surface area contributed by atoms with Crippen molar-refractivity contribution in [3.63, 3.8) is 0 Å². The molecule has 20 heavy (non-hydrogen) atoms. The summed E-state index contributed by atoms with van der Waals surface area (Å²) in [4.78, 5) is 6.47. The molecule has 1 aromatic heterocycles. The molecule has 0 aromatic carbocycles. The number of pyridine rings is 1. The first kappa shape index (κ1) is 15.3. The quantitative estimate of drug-likeness (QED) is 0.799. The highest BCUT2D eigenvalue weighted by Gasteiger charge is 2.23. The largest absolute Gasteiger partial charge is 0.354 e. The molecule has 1 aliphatic heterocycles. The fraction of sp³-hybridized carbons (Fsp3) is 0.706. The Morgan fingerprint density at radius 2 is 1.90 bits per heavy atom. The van der Waals surface area contributed by atoms with Gasteiger partial charge < -0.3 is 4.90 Å². The fourth-order valence-electron chi connectivity index (χ4n) is 3.04. The van der Waals surface area contributed by atoms with Crippen LogP contribution in [0, 0.1) is 17.7 Å². The third kappa shape index (κ3) is 3.71. The van der Waals surface area contributed by atoms with Crippen molar-refractivity contribution in [2.45, 2.75) is 52.9 Å². The summed E-state index contributed by atoms with van der Waals surface area (Å²) >= 11 is 0. The normalized spacial score (nSPS) is 17.2. The first-order valence-electron chi connectivity index (χ1n) is 7.87. The lowest BCUT2D eigenvalue weighted by atomic mass is 9.88. The molecular weight excluding hydrogens is 251 g/mol. The Balaban J connectivity index is 2.00. The zero-order valence-corrected chi connectivity index (χ0v) is 13.2. The van der Waals surface area contributed by atoms with Gasteiger partial charge in [-0.1, -0.05) is 27.7 Å². The smallest absolute Gasteiger partial charge is 0.165 e. The Hall–Kier alpha value is -1.12. The first-order valence-corrected chi connectivity index (χ1v) is 7.87. The van der Waals surface area contributed by atoms with Crippen LogP contribution in [0.1, 0.15) is 58.4 Å². The molecule has 112 valence electrons. The molecule has 0 atom stereocenters. The standard InChI is InChI=1S/C17H27FN2/c1-12(2)9-14-5-7-20(8-6-14)17-16(18)10-15(11-19-17)13(3)4/h10-14H,5-9H2,1-4H3. The Bertz CT molecular complexity index is 435. The first-order chi connectivity index (χ1) is 9.47. The van der Waals surface area contributed by atoms with Crippen LogP contribution in [-0.2, 0) is 0 Å². The summed E-state index contributed by atoms with van der Waals surface area (Å²) in [7, 11) is 0. The molecule has 0 spiro atoms. The average Bonchev–Trinajstić information content (AvgIpc) is 2.39. The Kier molecular flexibility index (Phi) is 5.00. The van der Waals surface area contributed by atoms with Gasteiger partial charge in [-0.2, -0.15) is 0 Å². The minimum absolute atomic E-state index is 0.168. The number of hydrogen-bond donors (Lipinski definition) is 0. The van der Waals surface area contributed by atoms with Gasteiger partial charge in [0.2, 0.25) is 0 Å². The molecule has 1 aliphatic rings. The zero-order valence-electron chi connectivity index (χ0n) is 13.2. The van der Waals surface area contributed by atoms with Gasteiger partial charge in [0.1, 0.15) is 0 Å². The van der Waals surface area contributed by atoms with Crippen LogP contribution in [0.2, 0.25) is 0 Å². The van der Waals surface area contributed by atoms with Gasteiger partial charge in [0.25, 0.3) is 0 Å². The topological polar surface area (TPSA) is 16.1 Å². The summed E-state index contributed by atoms with van der Waals surface area (Å²) in [5, 5.41) is 0. The summed E-state index contributed by atoms with van der Waals surface area (Å²) in [6, 6.07) is 1.65. The van der Waals surface area contributed by atoms with Gasteiger partial charge in [-0.05, 0) is 48.6 Å². The lowest BCUT2D eigenvalue weighted by Gasteiger charge is -2.33. The van der Waals surface area contributed by atoms with E-state index in [-0.39, 0.29) is 5.82 Å². The summed E-state index contributed by atoms with van der Waals surface area (Å²) in [6.07, 6.45) is 5.43. The maximum atomic E-state index is 14.2. The summed E-state index contributed by atoms with van der Waals surface area (Å²) < 4.78 is 14.2. The molecule has 0 unspecified atom stereocenters. The Morgan fingerprint density at radius 1 is 1.25 bits per heavy atom. The van der Waals surface area contributed by atoms with Crippen molar-refractivity contribution in [2.75, 3.05) is 18.0 Å². The van der Waals surface area contributed by atoms with Crippen LogP contribution in [0.4, 0.5) is 10.2 Å². The van der Waals surface area contributed by atoms with Crippen LogP contribution in [0.25, 0.3) is 0 Å². The molecule has 0 N–H and O–H groups in total. The lowest BCUT2D eigenvalue weighted by molar-refractivity contribution is 0.336. The molecule has 1 fully saturated rings. The van der Waals surface area contributed by atoms with Crippen LogP contribution in [0.15, 0.2) is 12.3 Å². The summed E-state index contributed by atoms with van der Waals surface area (Å²) in [5.41, 5.74) is 0.973. The molecule has 3 heteroatoms. The minimum atomic E-state index is -0.168. The molecule has 1 saturated heterocycles. The van der Waals surface area contributed by atoms with E-state index in [1.165, 1.54) is 6.42 Å². The third-order valence-corrected chi connectivity index (χ3v) is 4.23. The Labute approximate surface area is 122 Å². The second-order valence-corrected chi connectivity index (χ2v) is 6.79. The number of halogens is 1. The van der Waals surface area contributed by atoms with Crippen LogP contribution in [-0.4, -0.2) is 18.1 Å². The van der Waals surface area contributed by atoms with Crippen molar-refractivity contribution in [3.8, 4) is 0 Å². The van der Waals surface area contributed by atoms with Crippen LogP contribution in [0.5, 0.6) is 0 Å². The van der Waals surface area contributed by atoms with E-state index in [0.717, 1.165) is 43.3 Å². The predicted octanol–water partition coefficient (Wildman–Crippen LogP) is 4.61. The molecule has 0 saturated carbocycles. The van der Waals surface area contributed by atoms with E-state index >= 15 is 0 Å². The molecule has 2 heterocycles. The minimum Gasteiger partial charge on any atom is -0.354 e. The van der Waals surface area contributed by atoms with E-state index < -0.39 is 0 Å². The molecule has 0 bridgehead atoms. The van der Waals surface area contributed by atoms with E-state index in [1.54, 1.807) is 6.07 Å². The van der Waals surface area contributed by atoms with Crippen molar-refractivity contribution in [1.29, 1.82) is 0 Å². The van der Waals surface area contributed by atoms with E-state index in [9.17, 15) is 4.39 Å². The number of hydrogen-bond acceptors (Lipinski definition) is 2. The monoisotopic (exact) mass is 278 g/mol. The highest BCUT2D eigenvalue weighted by atomic mass is 19.1. The number of piperidine rings is 1. The van der Waals surface area contributed by atoms with Gasteiger partial charge in [0.15, 0.2) is 11.6 Å². The Morgan fingerprint density at radius 3 is 2.40 bits per heavy atom. The number of anilines is 1. The van der Waals surface area contributed by atoms with Gasteiger partial charge >= 0.3 is 0 Å². The number of rotatable bonds is 4. The fourth-order valence-corrected chi connectivity index (χ4v) is 3.04. The molecular formula is C17H27FN2. The van der Waals surface area contributed by atoms with Gasteiger partial charge in [0, 0.05) is 19.3 Å². The molecule has 0 radical (unpaired) electrons. The van der Waals surface area contributed by atoms with Gasteiger partial charge in [-0.15, -0.1) is 0 Å². The van der Waals surface area contributed by atoms with E-state index in [1.807, 2.05) is 6.20 Å². The molecule has 0 amide bonds. The highest BCUT2D eigenvalue weighted by molar-refractivity contribution is 5.42. The number of nitrogens with zero attached hydrogens (tertiary/aromatic N) is 2. The summed E-state index contributed by atoms with van der Waals surface area (Å²) in [5.74, 6) is 2.25. The molecule has 2 nitrogen and oxygen atoms in total. The zero-order chi connectivity index (χ0) is 14.7. The average molecular weight is 278 g/mol. The maximum Gasteiger partial charge on any atom is 0.165 e. The molecule has 2 rings (SSSR count). The predicted molar refractivity (Wildman–Crippen MR) is 82.7 cm³/mol. The number of aromatic nitrogens is 1. The van der Waals surface area contributed by atoms with Crippen molar-refractivity contribution in [1.82, 2.24) is 4.98 Å². The van der Waals surface area contributed by atoms with Gasteiger partial charge in [-0.25, -0.2) is 9.37 Å². The van der Waals surface area contributed by atoms with Gasteiger partial charge in [0.05, 0.1) is 0 Å². The van der Waals surface area contributed by atoms with Gasteiger partial charge in [-0.3, -0.25) is 0 Å². The van der Waals surface area contributed by atoms with Crippen molar-refractivity contribution < 1.29 is 4.39 Å². The van der Waals surface area contributed by atoms with E-state index in [0.29, 0.717) is 11.7 Å². The van der Waals surface area contributed by atoms with Crippen LogP contribution < -0.4 is 4.90 Å². The van der Waals surface area contributed by atoms with E-state index in [2.05, 4.69) is 37.6 Å². The maximum absolute atomic E-state index is 14.2. The van der Waals surface area contributed by atoms with E-state index in [4.69, 9.17) is 0 Å².